The van der Waals surface area contributed by atoms with Crippen LogP contribution in [0.4, 0.5) is 0 Å². The Bertz CT molecular complexity index is 1660. The number of halogens is 4. The van der Waals surface area contributed by atoms with E-state index in [1.807, 2.05) is 17.1 Å². The Morgan fingerprint density at radius 2 is 1.15 bits per heavy atom. The van der Waals surface area contributed by atoms with Crippen LogP contribution >= 0.6 is 54.9 Å². The number of hydrogen-bond donors (Lipinski definition) is 0. The molecule has 0 radical (unpaired) electrons. The normalized spacial score (nSPS) is 8.59. The zero-order valence-corrected chi connectivity index (χ0v) is 51.4. The fraction of sp³-hybridized carbons (Fsp3) is 0.176. The predicted molar refractivity (Wildman–Crippen MR) is 245 cm³/mol. The van der Waals surface area contributed by atoms with Gasteiger partial charge in [0.05, 0.1) is 0 Å². The van der Waals surface area contributed by atoms with Crippen LogP contribution in [0.2, 0.25) is 0 Å². The Kier molecular flexibility index (Phi) is 52.2. The summed E-state index contributed by atoms with van der Waals surface area (Å²) in [6.07, 6.45) is 1.67. The summed E-state index contributed by atoms with van der Waals surface area (Å²) in [6.45, 7) is 4.33. The molecule has 0 aliphatic rings. The molecule has 20 heteroatoms. The molecule has 0 fully saturated rings. The van der Waals surface area contributed by atoms with Crippen molar-refractivity contribution in [2.75, 3.05) is 14.1 Å². The number of rotatable bonds is 5. The first-order valence-corrected chi connectivity index (χ1v) is 42.6. The minimum atomic E-state index is -3.22. The molecule has 0 aliphatic heterocycles. The van der Waals surface area contributed by atoms with Crippen LogP contribution in [0.1, 0.15) is 27.0 Å². The molecule has 1 amide bonds. The number of hydrogen-bond acceptors (Lipinski definition) is 5. The summed E-state index contributed by atoms with van der Waals surface area (Å²) < 4.78 is 16.5. The van der Waals surface area contributed by atoms with Gasteiger partial charge < -0.3 is 4.90 Å². The molecule has 6 aromatic rings. The van der Waals surface area contributed by atoms with Crippen molar-refractivity contribution < 1.29 is 14.2 Å². The van der Waals surface area contributed by atoms with E-state index in [9.17, 15) is 14.2 Å². The summed E-state index contributed by atoms with van der Waals surface area (Å²) in [5, 5.41) is 14.8. The first-order chi connectivity index (χ1) is 25.8. The van der Waals surface area contributed by atoms with E-state index in [-0.39, 0.29) is 15.0 Å². The summed E-state index contributed by atoms with van der Waals surface area (Å²) in [6, 6.07) is 25.0. The van der Waals surface area contributed by atoms with Crippen molar-refractivity contribution in [3.05, 3.63) is 130 Å². The Morgan fingerprint density at radius 1 is 0.741 bits per heavy atom. The molecular formula is C34H37BrCl3KN3O3PSe8. The van der Waals surface area contributed by atoms with E-state index in [2.05, 4.69) is 164 Å². The van der Waals surface area contributed by atoms with Gasteiger partial charge in [0.15, 0.2) is 0 Å². The van der Waals surface area contributed by atoms with Gasteiger partial charge in [0.2, 0.25) is 6.41 Å². The van der Waals surface area contributed by atoms with Crippen LogP contribution < -0.4 is 0 Å². The molecule has 0 aromatic carbocycles. The van der Waals surface area contributed by atoms with Crippen LogP contribution in [0.5, 0.6) is 0 Å². The molecule has 0 unspecified atom stereocenters. The number of aryl methyl sites for hydroxylation is 2. The van der Waals surface area contributed by atoms with E-state index >= 15 is 0 Å². The van der Waals surface area contributed by atoms with Crippen molar-refractivity contribution in [1.82, 2.24) is 4.90 Å². The van der Waals surface area contributed by atoms with E-state index in [0.717, 1.165) is 73.2 Å². The predicted octanol–water partition coefficient (Wildman–Crippen LogP) is 7.24. The van der Waals surface area contributed by atoms with Gasteiger partial charge in [-0.05, 0) is 33.7 Å². The van der Waals surface area contributed by atoms with Crippen LogP contribution in [0.25, 0.3) is 0 Å². The van der Waals surface area contributed by atoms with Gasteiger partial charge in [-0.2, -0.15) is 0 Å². The standard InChI is InChI=1S/C6H5NSe2.C5H5BrSe.C5H4OSe.2C5H6Se.C4H4Se.C3H7NO.CHNSe.Cl3OP.K/c7-5-8-4-6-2-1-3-9-6;2*6-4-5-2-1-3-7-5;2*1-5-3-2-4-6-5;1-2-4-5-3-1;1-4(2)3-5;2-1-3;1-5(2,3)4;/h1-3H,4H2;1-3H,4H2;1-4H;2*2-4H,1H3;1-4H;3H,1-2H3;3H;;/q;;;;;;;;;+1/p-1. The average Bonchev–Trinajstić information content (AvgIpc) is 3.99. The maximum atomic E-state index is 9.91. The third-order valence-electron chi connectivity index (χ3n) is 4.28. The second-order valence-corrected chi connectivity index (χ2v) is 35.1. The molecule has 0 atom stereocenters. The van der Waals surface area contributed by atoms with Crippen molar-refractivity contribution >= 4 is 221 Å². The number of alkyl halides is 1. The van der Waals surface area contributed by atoms with Crippen LogP contribution in [0.15, 0.2) is 107 Å². The average molecular weight is 1420 g/mol. The van der Waals surface area contributed by atoms with Crippen molar-refractivity contribution in [2.24, 2.45) is 0 Å². The molecule has 0 saturated carbocycles. The third kappa shape index (κ3) is 54.4. The minimum absolute atomic E-state index is 0.194. The molecular weight excluding hydrogens is 1390 g/mol. The van der Waals surface area contributed by atoms with E-state index in [0.29, 0.717) is 92.6 Å². The van der Waals surface area contributed by atoms with Gasteiger partial charge in [-0.15, -0.1) is 0 Å². The fourth-order valence-electron chi connectivity index (χ4n) is 2.19. The Labute approximate surface area is 420 Å². The second-order valence-electron chi connectivity index (χ2n) is 8.81. The van der Waals surface area contributed by atoms with Crippen molar-refractivity contribution in [3.63, 3.8) is 0 Å². The molecule has 0 aliphatic carbocycles. The summed E-state index contributed by atoms with van der Waals surface area (Å²) in [4.78, 5) is 40.3. The Morgan fingerprint density at radius 3 is 1.33 bits per heavy atom. The zero-order chi connectivity index (χ0) is 41.3. The summed E-state index contributed by atoms with van der Waals surface area (Å²) in [5.74, 6) is 0. The molecule has 6 aromatic heterocycles. The SMILES string of the molecule is BrCc1ccc[se]1.CN(C)C=O.Cc1ccc[se]1.Cc1ccc[se]1.N#C[Se]Cc1ccc[se]1.N#C[Se][K].O=Cc1ccc[se]1.O=P(Cl)(Cl)Cl.c1cc[se]c1. The first-order valence-electron chi connectivity index (χ1n) is 14.6. The number of nitriles is 2. The summed E-state index contributed by atoms with van der Waals surface area (Å²) in [7, 11) is 3.38. The van der Waals surface area contributed by atoms with Crippen LogP contribution in [-0.4, -0.2) is 185 Å². The number of amides is 1. The van der Waals surface area contributed by atoms with Crippen molar-refractivity contribution in [1.29, 1.82) is 10.5 Å². The first kappa shape index (κ1) is 60.7. The maximum absolute atomic E-state index is 9.91. The Balaban J connectivity index is -0.000000547. The number of carbonyl (C=O) groups excluding carboxylic acids is 2. The molecule has 54 heavy (non-hydrogen) atoms. The van der Waals surface area contributed by atoms with Gasteiger partial charge in [0.25, 0.3) is 0 Å². The quantitative estimate of drug-likeness (QED) is 0.0785. The zero-order valence-electron chi connectivity index (χ0n) is 29.8. The van der Waals surface area contributed by atoms with Gasteiger partial charge in [-0.25, -0.2) is 0 Å². The van der Waals surface area contributed by atoms with Gasteiger partial charge in [-0.3, -0.25) is 9.36 Å². The van der Waals surface area contributed by atoms with Gasteiger partial charge in [0, 0.05) is 14.1 Å². The van der Waals surface area contributed by atoms with E-state index in [4.69, 9.17) is 10.5 Å². The topological polar surface area (TPSA) is 102 Å². The van der Waals surface area contributed by atoms with Crippen molar-refractivity contribution in [2.45, 2.75) is 24.5 Å². The number of aldehydes is 1. The van der Waals surface area contributed by atoms with Crippen LogP contribution in [0, 0.1) is 34.3 Å². The number of carbonyl (C=O) groups is 2. The van der Waals surface area contributed by atoms with Gasteiger partial charge >= 0.3 is 360 Å². The summed E-state index contributed by atoms with van der Waals surface area (Å²) in [5.41, 5.74) is 0.410. The molecule has 6 heterocycles. The molecule has 0 N–H and O–H groups in total. The van der Waals surface area contributed by atoms with E-state index in [1.54, 1.807) is 14.1 Å². The van der Waals surface area contributed by atoms with E-state index in [1.165, 1.54) is 22.6 Å². The van der Waals surface area contributed by atoms with Crippen LogP contribution in [-0.2, 0) is 20.0 Å². The van der Waals surface area contributed by atoms with Gasteiger partial charge in [-0.1, -0.05) is 0 Å². The molecule has 0 bridgehead atoms. The second kappa shape index (κ2) is 46.4. The molecule has 6 nitrogen and oxygen atoms in total. The van der Waals surface area contributed by atoms with Crippen LogP contribution in [0.3, 0.4) is 0 Å². The van der Waals surface area contributed by atoms with Gasteiger partial charge in [0.1, 0.15) is 0 Å². The Hall–Kier alpha value is 2.37. The van der Waals surface area contributed by atoms with Crippen molar-refractivity contribution in [3.8, 4) is 9.94 Å². The molecule has 0 saturated heterocycles. The molecule has 6 rings (SSSR count). The third-order valence-corrected chi connectivity index (χ3v) is 19.8. The molecule has 0 spiro atoms. The van der Waals surface area contributed by atoms with E-state index < -0.39 is 5.20 Å². The fourth-order valence-corrected chi connectivity index (χ4v) is 11.7. The summed E-state index contributed by atoms with van der Waals surface area (Å²) >= 11 is 22.0. The molecule has 288 valence electrons. The monoisotopic (exact) mass is 1430 g/mol. The number of nitrogens with zero attached hydrogens (tertiary/aromatic N) is 3.